The van der Waals surface area contributed by atoms with Gasteiger partial charge in [-0.1, -0.05) is 44.5 Å². The maximum absolute atomic E-state index is 12.7. The average molecular weight is 412 g/mol. The van der Waals surface area contributed by atoms with Crippen LogP contribution in [0.25, 0.3) is 0 Å². The smallest absolute Gasteiger partial charge is 0.262 e. The van der Waals surface area contributed by atoms with Crippen LogP contribution in [0.3, 0.4) is 0 Å². The van der Waals surface area contributed by atoms with Crippen molar-refractivity contribution in [2.24, 2.45) is 11.7 Å². The minimum Gasteiger partial charge on any atom is -0.325 e. The van der Waals surface area contributed by atoms with Crippen molar-refractivity contribution in [1.82, 2.24) is 0 Å². The maximum atomic E-state index is 12.7. The summed E-state index contributed by atoms with van der Waals surface area (Å²) in [7, 11) is -3.78. The number of sulfonamides is 1. The van der Waals surface area contributed by atoms with E-state index in [9.17, 15) is 13.2 Å². The molecule has 27 heavy (non-hydrogen) atoms. The van der Waals surface area contributed by atoms with Crippen molar-refractivity contribution in [3.05, 3.63) is 54.1 Å². The predicted molar refractivity (Wildman–Crippen MR) is 112 cm³/mol. The van der Waals surface area contributed by atoms with E-state index in [4.69, 9.17) is 5.73 Å². The average Bonchev–Trinajstić information content (AvgIpc) is 2.62. The molecular weight excluding hydrogens is 386 g/mol. The summed E-state index contributed by atoms with van der Waals surface area (Å²) in [4.78, 5) is 12.4. The summed E-state index contributed by atoms with van der Waals surface area (Å²) in [6, 6.07) is 12.8. The zero-order valence-electron chi connectivity index (χ0n) is 15.6. The number of hydrogen-bond acceptors (Lipinski definition) is 4. The number of amides is 1. The van der Waals surface area contributed by atoms with Crippen LogP contribution in [0.15, 0.2) is 53.4 Å². The fraction of sp³-hybridized carbons (Fsp3) is 0.316. The summed E-state index contributed by atoms with van der Waals surface area (Å²) in [5.74, 6) is -0.300. The van der Waals surface area contributed by atoms with Gasteiger partial charge in [-0.3, -0.25) is 9.52 Å². The van der Waals surface area contributed by atoms with Gasteiger partial charge in [0.1, 0.15) is 0 Å². The number of aryl methyl sites for hydroxylation is 1. The van der Waals surface area contributed by atoms with Gasteiger partial charge in [0.15, 0.2) is 0 Å². The monoisotopic (exact) mass is 411 g/mol. The van der Waals surface area contributed by atoms with Gasteiger partial charge in [-0.25, -0.2) is 8.42 Å². The number of nitrogens with one attached hydrogen (secondary N) is 2. The summed E-state index contributed by atoms with van der Waals surface area (Å²) in [5.41, 5.74) is 7.38. The lowest BCUT2D eigenvalue weighted by molar-refractivity contribution is -0.118. The van der Waals surface area contributed by atoms with Crippen LogP contribution in [-0.2, 0) is 14.8 Å². The van der Waals surface area contributed by atoms with Gasteiger partial charge in [0, 0.05) is 11.4 Å². The number of nitrogens with two attached hydrogens (primary N) is 1. The Labute approximate surface area is 167 Å². The van der Waals surface area contributed by atoms with Gasteiger partial charge in [-0.15, -0.1) is 12.4 Å². The molecule has 0 fully saturated rings. The topological polar surface area (TPSA) is 101 Å². The zero-order chi connectivity index (χ0) is 19.3. The third kappa shape index (κ3) is 5.95. The normalized spacial score (nSPS) is 13.2. The molecule has 0 aliphatic carbocycles. The van der Waals surface area contributed by atoms with E-state index in [1.807, 2.05) is 13.8 Å². The Kier molecular flexibility index (Phi) is 8.27. The number of benzene rings is 2. The molecular formula is C19H26ClN3O3S. The first-order valence-electron chi connectivity index (χ1n) is 8.49. The van der Waals surface area contributed by atoms with Crippen LogP contribution < -0.4 is 15.8 Å². The van der Waals surface area contributed by atoms with E-state index in [-0.39, 0.29) is 29.1 Å². The molecule has 148 valence electrons. The molecule has 2 aromatic carbocycles. The largest absolute Gasteiger partial charge is 0.325 e. The van der Waals surface area contributed by atoms with Crippen molar-refractivity contribution in [3.8, 4) is 0 Å². The van der Waals surface area contributed by atoms with E-state index in [0.717, 1.165) is 6.42 Å². The van der Waals surface area contributed by atoms with Crippen LogP contribution in [0.2, 0.25) is 0 Å². The van der Waals surface area contributed by atoms with Gasteiger partial charge >= 0.3 is 0 Å². The number of carbonyl (C=O) groups excluding carboxylic acids is 1. The number of halogens is 1. The van der Waals surface area contributed by atoms with Gasteiger partial charge in [0.25, 0.3) is 10.0 Å². The highest BCUT2D eigenvalue weighted by Crippen LogP contribution is 2.23. The maximum Gasteiger partial charge on any atom is 0.262 e. The first-order valence-corrected chi connectivity index (χ1v) is 9.98. The van der Waals surface area contributed by atoms with Crippen molar-refractivity contribution in [2.75, 3.05) is 10.0 Å². The highest BCUT2D eigenvalue weighted by molar-refractivity contribution is 7.92. The lowest BCUT2D eigenvalue weighted by Gasteiger charge is -2.18. The van der Waals surface area contributed by atoms with E-state index in [0.29, 0.717) is 16.9 Å². The van der Waals surface area contributed by atoms with Gasteiger partial charge < -0.3 is 11.1 Å². The molecule has 0 saturated carbocycles. The number of anilines is 2. The van der Waals surface area contributed by atoms with Gasteiger partial charge in [0.05, 0.1) is 10.9 Å². The second-order valence-electron chi connectivity index (χ2n) is 6.35. The second kappa shape index (κ2) is 9.73. The van der Waals surface area contributed by atoms with Crippen LogP contribution in [0.5, 0.6) is 0 Å². The summed E-state index contributed by atoms with van der Waals surface area (Å²) >= 11 is 0. The molecule has 2 atom stereocenters. The van der Waals surface area contributed by atoms with Crippen molar-refractivity contribution >= 4 is 39.7 Å². The van der Waals surface area contributed by atoms with Gasteiger partial charge in [-0.05, 0) is 42.7 Å². The zero-order valence-corrected chi connectivity index (χ0v) is 17.2. The third-order valence-corrected chi connectivity index (χ3v) is 5.85. The Morgan fingerprint density at radius 2 is 1.74 bits per heavy atom. The molecule has 4 N–H and O–H groups in total. The quantitative estimate of drug-likeness (QED) is 0.648. The molecule has 0 saturated heterocycles. The van der Waals surface area contributed by atoms with E-state index < -0.39 is 16.1 Å². The van der Waals surface area contributed by atoms with E-state index in [1.165, 1.54) is 6.07 Å². The second-order valence-corrected chi connectivity index (χ2v) is 8.00. The highest BCUT2D eigenvalue weighted by Gasteiger charge is 2.21. The Balaban J connectivity index is 0.00000364. The lowest BCUT2D eigenvalue weighted by atomic mass is 9.99. The van der Waals surface area contributed by atoms with Crippen molar-refractivity contribution in [3.63, 3.8) is 0 Å². The molecule has 2 aromatic rings. The minimum atomic E-state index is -3.78. The molecule has 2 rings (SSSR count). The van der Waals surface area contributed by atoms with E-state index in [2.05, 4.69) is 10.0 Å². The molecule has 6 nitrogen and oxygen atoms in total. The standard InChI is InChI=1S/C19H25N3O3S.ClH/c1-4-13(2)18(20)19(23)21-16-11-10-14(3)17(12-16)26(24,25)22-15-8-6-5-7-9-15;/h5-13,18,22H,4,20H2,1-3H3,(H,21,23);1H. The van der Waals surface area contributed by atoms with Crippen molar-refractivity contribution in [1.29, 1.82) is 0 Å². The number of para-hydroxylation sites is 1. The predicted octanol–water partition coefficient (Wildman–Crippen LogP) is 3.53. The molecule has 0 aliphatic heterocycles. The molecule has 1 amide bonds. The van der Waals surface area contributed by atoms with Gasteiger partial charge in [0.2, 0.25) is 5.91 Å². The Hall–Kier alpha value is -2.09. The Morgan fingerprint density at radius 3 is 2.33 bits per heavy atom. The summed E-state index contributed by atoms with van der Waals surface area (Å²) < 4.78 is 27.9. The number of hydrogen-bond donors (Lipinski definition) is 3. The van der Waals surface area contributed by atoms with E-state index in [1.54, 1.807) is 49.4 Å². The van der Waals surface area contributed by atoms with Crippen molar-refractivity contribution < 1.29 is 13.2 Å². The summed E-state index contributed by atoms with van der Waals surface area (Å²) in [6.45, 7) is 5.57. The van der Waals surface area contributed by atoms with Crippen LogP contribution in [0, 0.1) is 12.8 Å². The van der Waals surface area contributed by atoms with Gasteiger partial charge in [-0.2, -0.15) is 0 Å². The summed E-state index contributed by atoms with van der Waals surface area (Å²) in [5, 5.41) is 2.70. The molecule has 0 aliphatic rings. The third-order valence-electron chi connectivity index (χ3n) is 4.33. The molecule has 0 bridgehead atoms. The van der Waals surface area contributed by atoms with Crippen LogP contribution in [0.1, 0.15) is 25.8 Å². The molecule has 0 heterocycles. The molecule has 0 spiro atoms. The molecule has 0 radical (unpaired) electrons. The fourth-order valence-corrected chi connectivity index (χ4v) is 3.75. The fourth-order valence-electron chi connectivity index (χ4n) is 2.42. The SMILES string of the molecule is CCC(C)C(N)C(=O)Nc1ccc(C)c(S(=O)(=O)Nc2ccccc2)c1.Cl. The molecule has 2 unspecified atom stereocenters. The first kappa shape index (κ1) is 23.0. The van der Waals surface area contributed by atoms with E-state index >= 15 is 0 Å². The Morgan fingerprint density at radius 1 is 1.11 bits per heavy atom. The van der Waals surface area contributed by atoms with Crippen molar-refractivity contribution in [2.45, 2.75) is 38.1 Å². The Bertz CT molecular complexity index is 873. The van der Waals surface area contributed by atoms with Crippen LogP contribution in [-0.4, -0.2) is 20.4 Å². The lowest BCUT2D eigenvalue weighted by Crippen LogP contribution is -2.40. The molecule has 8 heteroatoms. The number of rotatable bonds is 7. The number of carbonyl (C=O) groups is 1. The van der Waals surface area contributed by atoms with Crippen LogP contribution in [0.4, 0.5) is 11.4 Å². The summed E-state index contributed by atoms with van der Waals surface area (Å²) in [6.07, 6.45) is 0.781. The molecule has 0 aromatic heterocycles. The minimum absolute atomic E-state index is 0. The highest BCUT2D eigenvalue weighted by atomic mass is 35.5. The van der Waals surface area contributed by atoms with Crippen LogP contribution >= 0.6 is 12.4 Å². The first-order chi connectivity index (χ1) is 12.2.